The Morgan fingerprint density at radius 3 is 2.73 bits per heavy atom. The van der Waals surface area contributed by atoms with E-state index in [1.165, 1.54) is 30.3 Å². The van der Waals surface area contributed by atoms with Gasteiger partial charge in [0.05, 0.1) is 24.8 Å². The highest BCUT2D eigenvalue weighted by molar-refractivity contribution is 6.02. The van der Waals surface area contributed by atoms with Gasteiger partial charge in [0.15, 0.2) is 6.61 Å². The molecule has 2 aliphatic heterocycles. The average Bonchev–Trinajstić information content (AvgIpc) is 3.10. The lowest BCUT2D eigenvalue weighted by molar-refractivity contribution is -0.153. The number of benzene rings is 1. The number of alkyl halides is 3. The summed E-state index contributed by atoms with van der Waals surface area (Å²) in [6, 6.07) is 6.35. The van der Waals surface area contributed by atoms with E-state index in [0.717, 1.165) is 6.20 Å². The van der Waals surface area contributed by atoms with Gasteiger partial charge in [-0.3, -0.25) is 4.79 Å². The van der Waals surface area contributed by atoms with Gasteiger partial charge in [0.25, 0.3) is 11.9 Å². The lowest BCUT2D eigenvalue weighted by Gasteiger charge is -2.42. The molecule has 0 unspecified atom stereocenters. The van der Waals surface area contributed by atoms with Crippen LogP contribution in [0.3, 0.4) is 0 Å². The molecule has 1 amide bonds. The van der Waals surface area contributed by atoms with Crippen LogP contribution in [0.25, 0.3) is 0 Å². The van der Waals surface area contributed by atoms with Crippen molar-refractivity contribution in [3.63, 3.8) is 0 Å². The number of carbonyl (C=O) groups excluding carboxylic acids is 1. The molecule has 1 fully saturated rings. The minimum Gasteiger partial charge on any atom is -0.483 e. The van der Waals surface area contributed by atoms with E-state index in [9.17, 15) is 22.4 Å². The number of ether oxygens (including phenoxy) is 3. The molecule has 0 bridgehead atoms. The van der Waals surface area contributed by atoms with Crippen LogP contribution in [0.4, 0.5) is 23.2 Å². The second kappa shape index (κ2) is 8.18. The number of rotatable bonds is 5. The van der Waals surface area contributed by atoms with Gasteiger partial charge in [-0.25, -0.2) is 14.4 Å². The van der Waals surface area contributed by atoms with E-state index >= 15 is 0 Å². The predicted octanol–water partition coefficient (Wildman–Crippen LogP) is 2.99. The molecule has 1 aromatic carbocycles. The van der Waals surface area contributed by atoms with Crippen LogP contribution in [0.15, 0.2) is 41.5 Å². The number of anilines is 1. The minimum absolute atomic E-state index is 0.0687. The number of aromatic nitrogens is 1. The molecule has 0 spiro atoms. The number of amidine groups is 1. The van der Waals surface area contributed by atoms with E-state index < -0.39 is 35.5 Å². The van der Waals surface area contributed by atoms with Crippen molar-refractivity contribution in [2.75, 3.05) is 31.7 Å². The number of halogens is 4. The highest BCUT2D eigenvalue weighted by Gasteiger charge is 2.58. The summed E-state index contributed by atoms with van der Waals surface area (Å²) in [5.74, 6) is -1.33. The normalized spacial score (nSPS) is 24.5. The fourth-order valence-electron chi connectivity index (χ4n) is 3.84. The van der Waals surface area contributed by atoms with Crippen molar-refractivity contribution in [3.05, 3.63) is 53.6 Å². The van der Waals surface area contributed by atoms with Gasteiger partial charge in [-0.15, -0.1) is 0 Å². The fraction of sp³-hybridized carbons (Fsp3) is 0.381. The van der Waals surface area contributed by atoms with Crippen molar-refractivity contribution in [1.82, 2.24) is 4.98 Å². The largest absolute Gasteiger partial charge is 0.483 e. The van der Waals surface area contributed by atoms with Gasteiger partial charge in [0, 0.05) is 11.3 Å². The zero-order valence-corrected chi connectivity index (χ0v) is 17.4. The second-order valence-corrected chi connectivity index (χ2v) is 8.08. The first-order chi connectivity index (χ1) is 15.5. The van der Waals surface area contributed by atoms with Crippen LogP contribution in [-0.4, -0.2) is 49.5 Å². The summed E-state index contributed by atoms with van der Waals surface area (Å²) in [4.78, 5) is 20.8. The lowest BCUT2D eigenvalue weighted by atomic mass is 9.69. The molecule has 2 aromatic rings. The van der Waals surface area contributed by atoms with Crippen LogP contribution in [0, 0.1) is 11.2 Å². The third-order valence-electron chi connectivity index (χ3n) is 5.61. The monoisotopic (exact) mass is 468 g/mol. The minimum atomic E-state index is -4.49. The number of carbonyl (C=O) groups is 1. The van der Waals surface area contributed by atoms with Gasteiger partial charge < -0.3 is 25.3 Å². The van der Waals surface area contributed by atoms with Crippen LogP contribution >= 0.6 is 0 Å². The SMILES string of the molecule is C[C@@]12COC[C@]1(c1cc(NC(=O)c3ccc(OCC(F)(F)F)cn3)ccc1F)N=C(N)OC2. The number of pyridine rings is 1. The third kappa shape index (κ3) is 4.42. The van der Waals surface area contributed by atoms with E-state index in [2.05, 4.69) is 20.0 Å². The topological polar surface area (TPSA) is 108 Å². The molecule has 0 aliphatic carbocycles. The molecule has 2 aliphatic rings. The van der Waals surface area contributed by atoms with E-state index in [4.69, 9.17) is 15.2 Å². The zero-order chi connectivity index (χ0) is 23.9. The number of aliphatic imine (C=N–C) groups is 1. The Balaban J connectivity index is 1.55. The van der Waals surface area contributed by atoms with Gasteiger partial charge in [-0.2, -0.15) is 13.2 Å². The first-order valence-corrected chi connectivity index (χ1v) is 9.84. The summed E-state index contributed by atoms with van der Waals surface area (Å²) in [5, 5.41) is 2.60. The molecular weight excluding hydrogens is 448 g/mol. The number of nitrogens with two attached hydrogens (primary N) is 1. The maximum atomic E-state index is 14.9. The summed E-state index contributed by atoms with van der Waals surface area (Å²) in [5.41, 5.74) is 4.36. The van der Waals surface area contributed by atoms with Crippen LogP contribution in [-0.2, 0) is 15.0 Å². The molecule has 0 radical (unpaired) electrons. The van der Waals surface area contributed by atoms with E-state index in [-0.39, 0.29) is 48.5 Å². The standard InChI is InChI=1S/C21H20F4N4O4/c1-19-8-31-10-20(19,29-18(26)33-9-19)14-6-12(2-4-15(14)22)28-17(30)16-5-3-13(7-27-16)32-11-21(23,24)25/h2-7H,8-11H2,1H3,(H2,26,29)(H,28,30)/t19-,20+/m0/s1. The van der Waals surface area contributed by atoms with Crippen molar-refractivity contribution >= 4 is 17.6 Å². The highest BCUT2D eigenvalue weighted by atomic mass is 19.4. The maximum Gasteiger partial charge on any atom is 0.422 e. The molecule has 1 aromatic heterocycles. The van der Waals surface area contributed by atoms with Crippen LogP contribution in [0.5, 0.6) is 5.75 Å². The molecule has 8 nitrogen and oxygen atoms in total. The molecule has 2 atom stereocenters. The molecule has 1 saturated heterocycles. The fourth-order valence-corrected chi connectivity index (χ4v) is 3.84. The first kappa shape index (κ1) is 22.8. The van der Waals surface area contributed by atoms with E-state index in [0.29, 0.717) is 0 Å². The Morgan fingerprint density at radius 2 is 2.03 bits per heavy atom. The molecule has 4 rings (SSSR count). The Kier molecular flexibility index (Phi) is 5.64. The van der Waals surface area contributed by atoms with Crippen molar-refractivity contribution < 1.29 is 36.6 Å². The summed E-state index contributed by atoms with van der Waals surface area (Å²) in [6.07, 6.45) is -3.48. The van der Waals surface area contributed by atoms with Crippen LogP contribution < -0.4 is 15.8 Å². The molecule has 12 heteroatoms. The maximum absolute atomic E-state index is 14.9. The Hall–Kier alpha value is -3.41. The predicted molar refractivity (Wildman–Crippen MR) is 108 cm³/mol. The van der Waals surface area contributed by atoms with Crippen molar-refractivity contribution in [1.29, 1.82) is 0 Å². The number of fused-ring (bicyclic) bond motifs is 1. The number of nitrogens with zero attached hydrogens (tertiary/aromatic N) is 2. The van der Waals surface area contributed by atoms with Crippen LogP contribution in [0.1, 0.15) is 23.0 Å². The van der Waals surface area contributed by atoms with Crippen molar-refractivity contribution in [3.8, 4) is 5.75 Å². The van der Waals surface area contributed by atoms with Gasteiger partial charge in [-0.1, -0.05) is 6.92 Å². The lowest BCUT2D eigenvalue weighted by Crippen LogP contribution is -2.50. The van der Waals surface area contributed by atoms with Crippen molar-refractivity contribution in [2.24, 2.45) is 16.1 Å². The quantitative estimate of drug-likeness (QED) is 0.654. The number of hydrogen-bond acceptors (Lipinski definition) is 7. The summed E-state index contributed by atoms with van der Waals surface area (Å²) < 4.78 is 67.2. The Bertz CT molecular complexity index is 1090. The van der Waals surface area contributed by atoms with Crippen molar-refractivity contribution in [2.45, 2.75) is 18.6 Å². The first-order valence-electron chi connectivity index (χ1n) is 9.84. The van der Waals surface area contributed by atoms with Gasteiger partial charge >= 0.3 is 6.18 Å². The molecular formula is C21H20F4N4O4. The molecule has 0 saturated carbocycles. The Morgan fingerprint density at radius 1 is 1.24 bits per heavy atom. The molecule has 3 heterocycles. The number of hydrogen-bond donors (Lipinski definition) is 2. The molecule has 176 valence electrons. The van der Waals surface area contributed by atoms with Gasteiger partial charge in [-0.05, 0) is 30.3 Å². The third-order valence-corrected chi connectivity index (χ3v) is 5.61. The van der Waals surface area contributed by atoms with E-state index in [1.807, 2.05) is 6.92 Å². The average molecular weight is 468 g/mol. The number of nitrogens with one attached hydrogen (secondary N) is 1. The number of amides is 1. The van der Waals surface area contributed by atoms with Gasteiger partial charge in [0.1, 0.15) is 29.4 Å². The summed E-state index contributed by atoms with van der Waals surface area (Å²) >= 11 is 0. The Labute approximate surface area is 185 Å². The summed E-state index contributed by atoms with van der Waals surface area (Å²) in [7, 11) is 0. The zero-order valence-electron chi connectivity index (χ0n) is 17.4. The van der Waals surface area contributed by atoms with E-state index in [1.54, 1.807) is 0 Å². The second-order valence-electron chi connectivity index (χ2n) is 8.08. The van der Waals surface area contributed by atoms with Gasteiger partial charge in [0.2, 0.25) is 0 Å². The summed E-state index contributed by atoms with van der Waals surface area (Å²) in [6.45, 7) is 0.939. The molecule has 3 N–H and O–H groups in total. The molecule has 33 heavy (non-hydrogen) atoms. The smallest absolute Gasteiger partial charge is 0.422 e. The van der Waals surface area contributed by atoms with Crippen LogP contribution in [0.2, 0.25) is 0 Å². The highest BCUT2D eigenvalue weighted by Crippen LogP contribution is 2.51.